The van der Waals surface area contributed by atoms with Gasteiger partial charge in [-0.15, -0.1) is 0 Å². The Hall–Kier alpha value is 0.160. The van der Waals surface area contributed by atoms with E-state index in [4.69, 9.17) is 22.7 Å². The maximum Gasteiger partial charge on any atom is 0.120 e. The fourth-order valence-corrected chi connectivity index (χ4v) is 3.38. The first-order chi connectivity index (χ1) is 6.77. The highest BCUT2D eigenvalue weighted by Crippen LogP contribution is 2.23. The van der Waals surface area contributed by atoms with Crippen LogP contribution in [0.25, 0.3) is 0 Å². The minimum Gasteiger partial charge on any atom is -0.391 e. The number of hydrogen-bond acceptors (Lipinski definition) is 4. The van der Waals surface area contributed by atoms with Crippen molar-refractivity contribution in [3.05, 3.63) is 0 Å². The molecule has 0 spiro atoms. The molecule has 2 unspecified atom stereocenters. The summed E-state index contributed by atoms with van der Waals surface area (Å²) in [5.41, 5.74) is 5.60. The van der Waals surface area contributed by atoms with Crippen molar-refractivity contribution in [3.63, 3.8) is 0 Å². The van der Waals surface area contributed by atoms with Gasteiger partial charge in [0.2, 0.25) is 0 Å². The summed E-state index contributed by atoms with van der Waals surface area (Å²) in [6.45, 7) is 2.69. The lowest BCUT2D eigenvalue weighted by molar-refractivity contribution is -0.00658. The van der Waals surface area contributed by atoms with Gasteiger partial charge >= 0.3 is 0 Å². The molecule has 5 heteroatoms. The summed E-state index contributed by atoms with van der Waals surface area (Å²) < 4.78 is 5.51. The average Bonchev–Trinajstić information content (AvgIpc) is 2.71. The van der Waals surface area contributed by atoms with E-state index in [9.17, 15) is 0 Å². The normalized spacial score (nSPS) is 34.6. The van der Waals surface area contributed by atoms with Crippen LogP contribution in [0.4, 0.5) is 0 Å². The topological polar surface area (TPSA) is 38.5 Å². The number of nitrogens with two attached hydrogens (primary N) is 1. The third kappa shape index (κ3) is 2.39. The number of nitrogens with zero attached hydrogens (tertiary/aromatic N) is 1. The fourth-order valence-electron chi connectivity index (χ4n) is 1.98. The van der Waals surface area contributed by atoms with Gasteiger partial charge in [0.15, 0.2) is 0 Å². The zero-order valence-corrected chi connectivity index (χ0v) is 9.78. The Bertz CT molecular complexity index is 219. The standard InChI is InChI=1S/C9H16N2OS2/c10-9(13)8-5-11(2-3-12-8)7-1-4-14-6-7/h7-8H,1-6H2,(H2,10,13). The van der Waals surface area contributed by atoms with Gasteiger partial charge in [0.05, 0.1) is 6.61 Å². The Labute approximate surface area is 94.3 Å². The van der Waals surface area contributed by atoms with E-state index in [1.807, 2.05) is 11.8 Å². The van der Waals surface area contributed by atoms with E-state index >= 15 is 0 Å². The number of rotatable bonds is 2. The molecule has 14 heavy (non-hydrogen) atoms. The molecular formula is C9H16N2OS2. The smallest absolute Gasteiger partial charge is 0.120 e. The van der Waals surface area contributed by atoms with E-state index < -0.39 is 0 Å². The summed E-state index contributed by atoms with van der Waals surface area (Å²) >= 11 is 7.00. The molecule has 0 aromatic heterocycles. The Balaban J connectivity index is 1.89. The van der Waals surface area contributed by atoms with E-state index in [1.165, 1.54) is 17.9 Å². The second kappa shape index (κ2) is 4.79. The van der Waals surface area contributed by atoms with Gasteiger partial charge < -0.3 is 10.5 Å². The van der Waals surface area contributed by atoms with Crippen LogP contribution in [-0.2, 0) is 4.74 Å². The molecule has 2 heterocycles. The summed E-state index contributed by atoms with van der Waals surface area (Å²) in [7, 11) is 0. The highest BCUT2D eigenvalue weighted by molar-refractivity contribution is 7.99. The molecule has 2 aliphatic rings. The summed E-state index contributed by atoms with van der Waals surface area (Å²) in [4.78, 5) is 2.98. The second-order valence-electron chi connectivity index (χ2n) is 3.77. The third-order valence-electron chi connectivity index (χ3n) is 2.84. The highest BCUT2D eigenvalue weighted by Gasteiger charge is 2.29. The van der Waals surface area contributed by atoms with Gasteiger partial charge in [-0.3, -0.25) is 4.90 Å². The maximum atomic E-state index is 5.60. The molecule has 2 atom stereocenters. The molecule has 2 saturated heterocycles. The molecule has 0 aliphatic carbocycles. The van der Waals surface area contributed by atoms with E-state index in [1.54, 1.807) is 0 Å². The summed E-state index contributed by atoms with van der Waals surface area (Å²) in [5.74, 6) is 2.55. The van der Waals surface area contributed by atoms with Crippen molar-refractivity contribution >= 4 is 29.0 Å². The van der Waals surface area contributed by atoms with Crippen molar-refractivity contribution in [2.45, 2.75) is 18.6 Å². The van der Waals surface area contributed by atoms with Crippen LogP contribution in [0.5, 0.6) is 0 Å². The monoisotopic (exact) mass is 232 g/mol. The van der Waals surface area contributed by atoms with Gasteiger partial charge in [-0.2, -0.15) is 11.8 Å². The largest absolute Gasteiger partial charge is 0.391 e. The van der Waals surface area contributed by atoms with Crippen LogP contribution in [-0.4, -0.2) is 53.2 Å². The molecule has 0 saturated carbocycles. The van der Waals surface area contributed by atoms with E-state index in [2.05, 4.69) is 4.90 Å². The average molecular weight is 232 g/mol. The van der Waals surface area contributed by atoms with Crippen molar-refractivity contribution in [2.24, 2.45) is 5.73 Å². The zero-order chi connectivity index (χ0) is 9.97. The van der Waals surface area contributed by atoms with Gasteiger partial charge in [-0.25, -0.2) is 0 Å². The van der Waals surface area contributed by atoms with Gasteiger partial charge in [0, 0.05) is 24.9 Å². The number of thioether (sulfide) groups is 1. The Morgan fingerprint density at radius 3 is 3.07 bits per heavy atom. The van der Waals surface area contributed by atoms with Crippen molar-refractivity contribution in [1.29, 1.82) is 0 Å². The number of morpholine rings is 1. The molecule has 0 radical (unpaired) electrons. The lowest BCUT2D eigenvalue weighted by Gasteiger charge is -2.36. The minimum absolute atomic E-state index is 0.0238. The molecule has 2 N–H and O–H groups in total. The SMILES string of the molecule is NC(=S)C1CN(C2CCSC2)CCO1. The predicted octanol–water partition coefficient (Wildman–Crippen LogP) is 0.479. The molecule has 0 aromatic carbocycles. The number of hydrogen-bond donors (Lipinski definition) is 1. The number of ether oxygens (including phenoxy) is 1. The highest BCUT2D eigenvalue weighted by atomic mass is 32.2. The van der Waals surface area contributed by atoms with Crippen molar-refractivity contribution in [2.75, 3.05) is 31.2 Å². The molecule has 3 nitrogen and oxygen atoms in total. The van der Waals surface area contributed by atoms with Crippen LogP contribution in [0.3, 0.4) is 0 Å². The van der Waals surface area contributed by atoms with Crippen molar-refractivity contribution < 1.29 is 4.74 Å². The minimum atomic E-state index is -0.0238. The fraction of sp³-hybridized carbons (Fsp3) is 0.889. The number of thiocarbonyl (C=S) groups is 1. The predicted molar refractivity (Wildman–Crippen MR) is 63.8 cm³/mol. The molecule has 2 rings (SSSR count). The van der Waals surface area contributed by atoms with Crippen molar-refractivity contribution in [3.8, 4) is 0 Å². The third-order valence-corrected chi connectivity index (χ3v) is 4.24. The van der Waals surface area contributed by atoms with Crippen LogP contribution in [0.2, 0.25) is 0 Å². The lowest BCUT2D eigenvalue weighted by atomic mass is 10.2. The van der Waals surface area contributed by atoms with Gasteiger partial charge in [-0.05, 0) is 12.2 Å². The second-order valence-corrected chi connectivity index (χ2v) is 5.40. The quantitative estimate of drug-likeness (QED) is 0.701. The van der Waals surface area contributed by atoms with Crippen LogP contribution < -0.4 is 5.73 Å². The first-order valence-corrected chi connectivity index (χ1v) is 6.56. The first-order valence-electron chi connectivity index (χ1n) is 5.00. The molecule has 0 bridgehead atoms. The molecular weight excluding hydrogens is 216 g/mol. The Morgan fingerprint density at radius 1 is 1.57 bits per heavy atom. The molecule has 2 fully saturated rings. The molecule has 0 amide bonds. The first kappa shape index (κ1) is 10.7. The van der Waals surface area contributed by atoms with Gasteiger partial charge in [0.25, 0.3) is 0 Å². The summed E-state index contributed by atoms with van der Waals surface area (Å²) in [5, 5.41) is 0. The lowest BCUT2D eigenvalue weighted by Crippen LogP contribution is -2.51. The van der Waals surface area contributed by atoms with E-state index in [-0.39, 0.29) is 6.10 Å². The summed E-state index contributed by atoms with van der Waals surface area (Å²) in [6.07, 6.45) is 1.28. The van der Waals surface area contributed by atoms with E-state index in [0.717, 1.165) is 25.7 Å². The maximum absolute atomic E-state index is 5.60. The molecule has 2 aliphatic heterocycles. The van der Waals surface area contributed by atoms with Crippen LogP contribution in [0.15, 0.2) is 0 Å². The van der Waals surface area contributed by atoms with Crippen LogP contribution in [0, 0.1) is 0 Å². The zero-order valence-electron chi connectivity index (χ0n) is 8.15. The Morgan fingerprint density at radius 2 is 2.43 bits per heavy atom. The molecule has 80 valence electrons. The summed E-state index contributed by atoms with van der Waals surface area (Å²) in [6, 6.07) is 0.723. The molecule has 0 aromatic rings. The Kier molecular flexibility index (Phi) is 3.65. The van der Waals surface area contributed by atoms with E-state index in [0.29, 0.717) is 4.99 Å². The van der Waals surface area contributed by atoms with Crippen LogP contribution >= 0.6 is 24.0 Å². The van der Waals surface area contributed by atoms with Gasteiger partial charge in [-0.1, -0.05) is 12.2 Å². The van der Waals surface area contributed by atoms with Crippen molar-refractivity contribution in [1.82, 2.24) is 4.90 Å². The van der Waals surface area contributed by atoms with Crippen LogP contribution in [0.1, 0.15) is 6.42 Å². The van der Waals surface area contributed by atoms with Gasteiger partial charge in [0.1, 0.15) is 11.1 Å².